The predicted octanol–water partition coefficient (Wildman–Crippen LogP) is 7.57. The number of thiophene rings is 1. The third-order valence-electron chi connectivity index (χ3n) is 6.75. The van der Waals surface area contributed by atoms with E-state index in [9.17, 15) is 0 Å². The molecule has 139 valence electrons. The number of fused-ring (bicyclic) bond motifs is 3. The van der Waals surface area contributed by atoms with Gasteiger partial charge in [0.1, 0.15) is 0 Å². The van der Waals surface area contributed by atoms with Gasteiger partial charge in [-0.1, -0.05) is 23.9 Å². The van der Waals surface area contributed by atoms with E-state index in [1.807, 2.05) is 11.3 Å². The zero-order valence-electron chi connectivity index (χ0n) is 17.2. The first-order valence-corrected chi connectivity index (χ1v) is 15.3. The molecule has 0 amide bonds. The molecule has 4 aliphatic rings. The van der Waals surface area contributed by atoms with Gasteiger partial charge in [0, 0.05) is 15.3 Å². The third kappa shape index (κ3) is 2.56. The van der Waals surface area contributed by atoms with E-state index >= 15 is 0 Å². The number of benzene rings is 2. The van der Waals surface area contributed by atoms with Crippen LogP contribution in [0.4, 0.5) is 0 Å². The van der Waals surface area contributed by atoms with Crippen LogP contribution in [0.2, 0.25) is 13.1 Å². The number of hydrogen-bond acceptors (Lipinski definition) is 1. The summed E-state index contributed by atoms with van der Waals surface area (Å²) in [4.78, 5) is 3.19. The number of rotatable bonds is 0. The van der Waals surface area contributed by atoms with Crippen LogP contribution in [0.3, 0.4) is 0 Å². The zero-order valence-corrected chi connectivity index (χ0v) is 21.5. The van der Waals surface area contributed by atoms with Crippen LogP contribution >= 0.6 is 11.3 Å². The van der Waals surface area contributed by atoms with Crippen LogP contribution in [0, 0.1) is 6.92 Å². The van der Waals surface area contributed by atoms with Crippen molar-refractivity contribution in [1.29, 1.82) is 0 Å². The minimum atomic E-state index is -0.995. The standard InChI is InChI=1S/C14H11.C11H14SSi.Zr/c1-10-8-12-7-6-11-4-2-3-5-13(11)14(12)9-10;1-6-5-8-9(12-6)11-7(2)10(8)13(11,3)4;/h2-9H,1H3;5,11H,1-4H3;. The Hall–Kier alpha value is -1.02. The predicted molar refractivity (Wildman–Crippen MR) is 122 cm³/mol. The molecule has 2 aliphatic heterocycles. The molecule has 3 heterocycles. The van der Waals surface area contributed by atoms with E-state index < -0.39 is 8.07 Å². The Morgan fingerprint density at radius 1 is 1.00 bits per heavy atom. The Labute approximate surface area is 188 Å². The van der Waals surface area contributed by atoms with Gasteiger partial charge in [0.15, 0.2) is 0 Å². The molecule has 0 saturated heterocycles. The van der Waals surface area contributed by atoms with Crippen molar-refractivity contribution in [1.82, 2.24) is 0 Å². The summed E-state index contributed by atoms with van der Waals surface area (Å²) in [6.07, 6.45) is 2.36. The van der Waals surface area contributed by atoms with Gasteiger partial charge in [-0.05, 0) is 25.5 Å². The fraction of sp³-hybridized carbons (Fsp3) is 0.280. The van der Waals surface area contributed by atoms with Crippen LogP contribution in [0.5, 0.6) is 0 Å². The first-order valence-electron chi connectivity index (χ1n) is 10.0. The van der Waals surface area contributed by atoms with Gasteiger partial charge in [0.2, 0.25) is 0 Å². The zero-order chi connectivity index (χ0) is 19.8. The summed E-state index contributed by atoms with van der Waals surface area (Å²) in [7, 11) is -0.995. The molecule has 0 radical (unpaired) electrons. The molecule has 0 spiro atoms. The van der Waals surface area contributed by atoms with E-state index in [-0.39, 0.29) is 0 Å². The first kappa shape index (κ1) is 19.0. The first-order chi connectivity index (χ1) is 13.3. The van der Waals surface area contributed by atoms with Crippen molar-refractivity contribution in [2.45, 2.75) is 43.0 Å². The maximum absolute atomic E-state index is 2.52. The van der Waals surface area contributed by atoms with Gasteiger partial charge in [-0.2, -0.15) is 0 Å². The van der Waals surface area contributed by atoms with E-state index in [4.69, 9.17) is 0 Å². The van der Waals surface area contributed by atoms with E-state index in [0.717, 1.165) is 5.54 Å². The van der Waals surface area contributed by atoms with Crippen molar-refractivity contribution in [3.8, 4) is 0 Å². The van der Waals surface area contributed by atoms with E-state index in [0.29, 0.717) is 3.63 Å². The second-order valence-corrected chi connectivity index (χ2v) is 16.2. The Balaban J connectivity index is 0.000000123. The van der Waals surface area contributed by atoms with Crippen molar-refractivity contribution in [3.05, 3.63) is 80.1 Å². The summed E-state index contributed by atoms with van der Waals surface area (Å²) in [5, 5.41) is 4.53. The van der Waals surface area contributed by atoms with E-state index in [1.165, 1.54) is 32.3 Å². The van der Waals surface area contributed by atoms with Crippen molar-refractivity contribution >= 4 is 41.5 Å². The van der Waals surface area contributed by atoms with Crippen LogP contribution in [0.1, 0.15) is 49.5 Å². The molecule has 3 aromatic rings. The van der Waals surface area contributed by atoms with Gasteiger partial charge < -0.3 is 0 Å². The molecular weight excluding hydrogens is 452 g/mol. The van der Waals surface area contributed by atoms with Gasteiger partial charge >= 0.3 is 105 Å². The second kappa shape index (κ2) is 6.49. The van der Waals surface area contributed by atoms with Gasteiger partial charge in [0.05, 0.1) is 8.07 Å². The fourth-order valence-corrected chi connectivity index (χ4v) is 12.8. The van der Waals surface area contributed by atoms with Crippen molar-refractivity contribution in [3.63, 3.8) is 0 Å². The number of hydrogen-bond donors (Lipinski definition) is 0. The fourth-order valence-electron chi connectivity index (χ4n) is 5.57. The Morgan fingerprint density at radius 2 is 1.75 bits per heavy atom. The molecule has 7 rings (SSSR count). The van der Waals surface area contributed by atoms with E-state index in [2.05, 4.69) is 82.4 Å². The summed E-state index contributed by atoms with van der Waals surface area (Å²) in [6.45, 7) is 11.8. The van der Waals surface area contributed by atoms with Crippen LogP contribution in [-0.4, -0.2) is 8.07 Å². The molecule has 0 nitrogen and oxygen atoms in total. The van der Waals surface area contributed by atoms with Gasteiger partial charge in [-0.3, -0.25) is 0 Å². The van der Waals surface area contributed by atoms with Crippen LogP contribution < -0.4 is 0 Å². The maximum atomic E-state index is 2.52. The molecule has 2 bridgehead atoms. The molecule has 1 aromatic heterocycles. The molecule has 2 aliphatic carbocycles. The molecule has 2 atom stereocenters. The van der Waals surface area contributed by atoms with Gasteiger partial charge in [0.25, 0.3) is 0 Å². The van der Waals surface area contributed by atoms with Crippen LogP contribution in [-0.2, 0) is 24.7 Å². The Bertz CT molecular complexity index is 1190. The molecule has 3 heteroatoms. The quantitative estimate of drug-likeness (QED) is 0.293. The summed E-state index contributed by atoms with van der Waals surface area (Å²) in [5.41, 5.74) is 8.69. The third-order valence-corrected chi connectivity index (χ3v) is 14.1. The molecule has 0 fully saturated rings. The second-order valence-electron chi connectivity index (χ2n) is 8.96. The Kier molecular flexibility index (Phi) is 4.40. The SMILES string of the molecule is CC1=C2c3cc(C)sc3C1[Si]2(C)C.CC1=Cc2c(ccc3ccccc23)[CH]1[Zr]. The Morgan fingerprint density at radius 3 is 2.46 bits per heavy atom. The van der Waals surface area contributed by atoms with Crippen molar-refractivity contribution in [2.75, 3.05) is 0 Å². The van der Waals surface area contributed by atoms with Gasteiger partial charge in [-0.15, -0.1) is 11.3 Å². The summed E-state index contributed by atoms with van der Waals surface area (Å²) in [5.74, 6) is 0. The van der Waals surface area contributed by atoms with Crippen molar-refractivity contribution < 1.29 is 24.7 Å². The molecule has 2 unspecified atom stereocenters. The summed E-state index contributed by atoms with van der Waals surface area (Å²) < 4.78 is 0.678. The molecule has 0 saturated carbocycles. The number of aryl methyl sites for hydroxylation is 1. The number of allylic oxidation sites excluding steroid dienone is 2. The van der Waals surface area contributed by atoms with Crippen LogP contribution in [0.25, 0.3) is 22.0 Å². The van der Waals surface area contributed by atoms with E-state index in [1.54, 1.807) is 45.9 Å². The van der Waals surface area contributed by atoms with Gasteiger partial charge in [-0.25, -0.2) is 0 Å². The molecular formula is C25H25SSiZr. The minimum absolute atomic E-state index is 0.678. The average Bonchev–Trinajstić information content (AvgIpc) is 3.30. The van der Waals surface area contributed by atoms with Crippen molar-refractivity contribution in [2.24, 2.45) is 0 Å². The topological polar surface area (TPSA) is 0 Å². The normalized spacial score (nSPS) is 22.9. The molecule has 28 heavy (non-hydrogen) atoms. The summed E-state index contributed by atoms with van der Waals surface area (Å²) in [6, 6.07) is 15.6. The van der Waals surface area contributed by atoms with Crippen LogP contribution in [0.15, 0.2) is 53.6 Å². The average molecular weight is 477 g/mol. The molecule has 2 aromatic carbocycles. The monoisotopic (exact) mass is 475 g/mol. The summed E-state index contributed by atoms with van der Waals surface area (Å²) >= 11 is 3.62. The molecule has 0 N–H and O–H groups in total.